The molecule has 0 amide bonds. The molecule has 2 heteroatoms. The minimum absolute atomic E-state index is 0.0185. The maximum Gasteiger partial charge on any atom is 0.331 e. The van der Waals surface area contributed by atoms with Crippen molar-refractivity contribution < 1.29 is 9.53 Å². The van der Waals surface area contributed by atoms with Crippen LogP contribution in [0.2, 0.25) is 0 Å². The Labute approximate surface area is 250 Å². The van der Waals surface area contributed by atoms with Crippen molar-refractivity contribution in [3.63, 3.8) is 0 Å². The number of carbonyl (C=O) groups is 1. The van der Waals surface area contributed by atoms with Crippen molar-refractivity contribution in [3.8, 4) is 0 Å². The molecule has 2 nitrogen and oxygen atoms in total. The molecule has 0 bridgehead atoms. The van der Waals surface area contributed by atoms with Crippen LogP contribution in [0.1, 0.15) is 118 Å². The van der Waals surface area contributed by atoms with E-state index in [1.54, 1.807) is 6.08 Å². The van der Waals surface area contributed by atoms with Crippen LogP contribution in [0.3, 0.4) is 0 Å². The SMILES string of the molecule is C=C(C)[C@@H]1CC[C@]2(C)CC[C@]3(C)[C@H](CC[C@@H]4[C@@]5(C)CCC(OC(=O)C=Cc6ccccc6)C(C)(C)[C@@H]5CC[C@]43C)[C@@H]12. The highest BCUT2D eigenvalue weighted by molar-refractivity contribution is 5.87. The van der Waals surface area contributed by atoms with Crippen molar-refractivity contribution in [3.05, 3.63) is 54.1 Å². The Bertz CT molecular complexity index is 1210. The third-order valence-electron chi connectivity index (χ3n) is 14.9. The molecule has 5 saturated carbocycles. The molecule has 0 spiro atoms. The first-order valence-electron chi connectivity index (χ1n) is 16.9. The highest BCUT2D eigenvalue weighted by atomic mass is 16.5. The molecule has 41 heavy (non-hydrogen) atoms. The Morgan fingerprint density at radius 3 is 2.27 bits per heavy atom. The third kappa shape index (κ3) is 4.27. The van der Waals surface area contributed by atoms with Crippen molar-refractivity contribution in [2.24, 2.45) is 56.7 Å². The lowest BCUT2D eigenvalue weighted by Gasteiger charge is -2.73. The standard InChI is InChI=1S/C39H56O2/c1-26(2)28-18-21-36(5)24-25-38(7)29(34(28)36)15-16-31-37(6)22-20-32(35(3,4)30(37)19-23-39(31,38)8)41-33(40)17-14-27-12-10-9-11-13-27/h9-14,17,28-32,34H,1,15-16,18-25H2,2-8H3/t28-,29+,30-,31+,32?,34+,36+,37-,38+,39+/m0/s1. The van der Waals surface area contributed by atoms with Crippen LogP contribution in [0.25, 0.3) is 6.08 Å². The molecule has 5 aliphatic carbocycles. The van der Waals surface area contributed by atoms with Gasteiger partial charge in [0.1, 0.15) is 6.10 Å². The van der Waals surface area contributed by atoms with Gasteiger partial charge in [-0.3, -0.25) is 0 Å². The zero-order chi connectivity index (χ0) is 29.4. The molecule has 0 heterocycles. The molecule has 0 N–H and O–H groups in total. The Morgan fingerprint density at radius 2 is 1.56 bits per heavy atom. The Morgan fingerprint density at radius 1 is 0.829 bits per heavy atom. The van der Waals surface area contributed by atoms with Gasteiger partial charge in [-0.05, 0) is 134 Å². The summed E-state index contributed by atoms with van der Waals surface area (Å²) >= 11 is 0. The van der Waals surface area contributed by atoms with Gasteiger partial charge in [0.05, 0.1) is 0 Å². The van der Waals surface area contributed by atoms with Gasteiger partial charge in [0, 0.05) is 11.5 Å². The summed E-state index contributed by atoms with van der Waals surface area (Å²) in [5.74, 6) is 3.50. The summed E-state index contributed by atoms with van der Waals surface area (Å²) in [5, 5.41) is 0. The first kappa shape index (κ1) is 29.3. The fraction of sp³-hybridized carbons (Fsp3) is 0.718. The molecule has 0 aliphatic heterocycles. The number of allylic oxidation sites excluding steroid dienone is 1. The van der Waals surface area contributed by atoms with E-state index in [2.05, 4.69) is 55.0 Å². The Balaban J connectivity index is 1.24. The van der Waals surface area contributed by atoms with Crippen LogP contribution in [0.5, 0.6) is 0 Å². The predicted octanol–water partition coefficient (Wildman–Crippen LogP) is 10.3. The van der Waals surface area contributed by atoms with Gasteiger partial charge in [-0.2, -0.15) is 0 Å². The van der Waals surface area contributed by atoms with E-state index in [9.17, 15) is 4.79 Å². The summed E-state index contributed by atoms with van der Waals surface area (Å²) in [6.45, 7) is 22.4. The molecular weight excluding hydrogens is 500 g/mol. The van der Waals surface area contributed by atoms with Crippen molar-refractivity contribution in [2.45, 2.75) is 119 Å². The molecule has 224 valence electrons. The highest BCUT2D eigenvalue weighted by Gasteiger charge is 2.70. The van der Waals surface area contributed by atoms with Crippen LogP contribution in [0.15, 0.2) is 48.6 Å². The van der Waals surface area contributed by atoms with E-state index in [0.717, 1.165) is 35.7 Å². The smallest absolute Gasteiger partial charge is 0.331 e. The van der Waals surface area contributed by atoms with E-state index >= 15 is 0 Å². The second-order valence-corrected chi connectivity index (χ2v) is 16.9. The van der Waals surface area contributed by atoms with Gasteiger partial charge in [0.25, 0.3) is 0 Å². The molecule has 0 saturated heterocycles. The highest BCUT2D eigenvalue weighted by Crippen LogP contribution is 2.77. The summed E-state index contributed by atoms with van der Waals surface area (Å²) in [6, 6.07) is 10.0. The minimum Gasteiger partial charge on any atom is -0.459 e. The van der Waals surface area contributed by atoms with E-state index in [-0.39, 0.29) is 17.5 Å². The molecule has 1 aromatic carbocycles. The van der Waals surface area contributed by atoms with E-state index in [1.165, 1.54) is 63.4 Å². The second kappa shape index (κ2) is 9.85. The van der Waals surface area contributed by atoms with Gasteiger partial charge < -0.3 is 4.74 Å². The van der Waals surface area contributed by atoms with Gasteiger partial charge in [-0.1, -0.05) is 84.0 Å². The quantitative estimate of drug-likeness (QED) is 0.209. The number of carbonyl (C=O) groups excluding carboxylic acids is 1. The van der Waals surface area contributed by atoms with E-state index in [1.807, 2.05) is 36.4 Å². The zero-order valence-electron chi connectivity index (χ0n) is 27.1. The fourth-order valence-electron chi connectivity index (χ4n) is 12.6. The second-order valence-electron chi connectivity index (χ2n) is 16.9. The first-order valence-corrected chi connectivity index (χ1v) is 16.9. The minimum atomic E-state index is -0.196. The first-order chi connectivity index (χ1) is 19.3. The third-order valence-corrected chi connectivity index (χ3v) is 14.9. The van der Waals surface area contributed by atoms with Crippen LogP contribution >= 0.6 is 0 Å². The van der Waals surface area contributed by atoms with Crippen molar-refractivity contribution in [2.75, 3.05) is 0 Å². The summed E-state index contributed by atoms with van der Waals surface area (Å²) in [4.78, 5) is 13.0. The van der Waals surface area contributed by atoms with Gasteiger partial charge >= 0.3 is 5.97 Å². The molecule has 10 atom stereocenters. The fourth-order valence-corrected chi connectivity index (χ4v) is 12.6. The van der Waals surface area contributed by atoms with Crippen molar-refractivity contribution in [1.82, 2.24) is 0 Å². The van der Waals surface area contributed by atoms with Gasteiger partial charge in [-0.25, -0.2) is 4.79 Å². The molecule has 0 radical (unpaired) electrons. The Hall–Kier alpha value is -1.83. The lowest BCUT2D eigenvalue weighted by molar-refractivity contribution is -0.248. The predicted molar refractivity (Wildman–Crippen MR) is 170 cm³/mol. The van der Waals surface area contributed by atoms with Crippen LogP contribution in [0.4, 0.5) is 0 Å². The number of rotatable bonds is 4. The lowest BCUT2D eigenvalue weighted by Crippen LogP contribution is -2.66. The van der Waals surface area contributed by atoms with Crippen molar-refractivity contribution >= 4 is 12.0 Å². The summed E-state index contributed by atoms with van der Waals surface area (Å²) in [6.07, 6.45) is 16.6. The number of benzene rings is 1. The van der Waals surface area contributed by atoms with Crippen LogP contribution in [0, 0.1) is 56.7 Å². The number of hydrogen-bond acceptors (Lipinski definition) is 2. The molecule has 1 aromatic rings. The maximum absolute atomic E-state index is 13.0. The molecule has 5 fully saturated rings. The van der Waals surface area contributed by atoms with Gasteiger partial charge in [0.15, 0.2) is 0 Å². The average Bonchev–Trinajstić information content (AvgIpc) is 3.28. The average molecular weight is 557 g/mol. The summed E-state index contributed by atoms with van der Waals surface area (Å²) in [5.41, 5.74) is 4.05. The van der Waals surface area contributed by atoms with E-state index in [0.29, 0.717) is 27.6 Å². The Kier molecular flexibility index (Phi) is 7.03. The molecule has 6 rings (SSSR count). The summed E-state index contributed by atoms with van der Waals surface area (Å²) in [7, 11) is 0. The van der Waals surface area contributed by atoms with Crippen molar-refractivity contribution in [1.29, 1.82) is 0 Å². The largest absolute Gasteiger partial charge is 0.459 e. The lowest BCUT2D eigenvalue weighted by atomic mass is 9.32. The zero-order valence-corrected chi connectivity index (χ0v) is 27.1. The van der Waals surface area contributed by atoms with Crippen LogP contribution in [-0.4, -0.2) is 12.1 Å². The molecule has 1 unspecified atom stereocenters. The normalized spacial score (nSPS) is 46.6. The monoisotopic (exact) mass is 556 g/mol. The van der Waals surface area contributed by atoms with Gasteiger partial charge in [-0.15, -0.1) is 0 Å². The molecule has 5 aliphatic rings. The number of ether oxygens (including phenoxy) is 1. The van der Waals surface area contributed by atoms with Crippen LogP contribution in [-0.2, 0) is 9.53 Å². The number of esters is 1. The topological polar surface area (TPSA) is 26.3 Å². The number of hydrogen-bond donors (Lipinski definition) is 0. The molecule has 0 aromatic heterocycles. The van der Waals surface area contributed by atoms with Crippen LogP contribution < -0.4 is 0 Å². The maximum atomic E-state index is 13.0. The van der Waals surface area contributed by atoms with E-state index in [4.69, 9.17) is 4.74 Å². The molecular formula is C39H56O2. The number of fused-ring (bicyclic) bond motifs is 7. The summed E-state index contributed by atoms with van der Waals surface area (Å²) < 4.78 is 6.25. The van der Waals surface area contributed by atoms with E-state index < -0.39 is 0 Å². The van der Waals surface area contributed by atoms with Gasteiger partial charge in [0.2, 0.25) is 0 Å².